The van der Waals surface area contributed by atoms with Crippen LogP contribution in [0.15, 0.2) is 35.3 Å². The van der Waals surface area contributed by atoms with Crippen molar-refractivity contribution in [3.8, 4) is 0 Å². The van der Waals surface area contributed by atoms with Crippen molar-refractivity contribution >= 4 is 11.5 Å². The minimum Gasteiger partial charge on any atom is -0.447 e. The van der Waals surface area contributed by atoms with Crippen molar-refractivity contribution in [3.05, 3.63) is 36.7 Å². The number of aromatic nitrogens is 2. The van der Waals surface area contributed by atoms with E-state index in [1.165, 1.54) is 6.39 Å². The molecule has 0 aliphatic heterocycles. The summed E-state index contributed by atoms with van der Waals surface area (Å²) in [5, 5.41) is 3.26. The Labute approximate surface area is 94.1 Å². The lowest BCUT2D eigenvalue weighted by molar-refractivity contribution is 0.511. The second-order valence-corrected chi connectivity index (χ2v) is 3.59. The van der Waals surface area contributed by atoms with Crippen molar-refractivity contribution in [1.82, 2.24) is 9.97 Å². The third-order valence-electron chi connectivity index (χ3n) is 2.15. The molecule has 84 valence electrons. The minimum absolute atomic E-state index is 0.604. The van der Waals surface area contributed by atoms with E-state index in [0.29, 0.717) is 6.54 Å². The average molecular weight is 218 g/mol. The Hall–Kier alpha value is -2.04. The van der Waals surface area contributed by atoms with Crippen LogP contribution in [0.4, 0.5) is 11.5 Å². The normalized spacial score (nSPS) is 10.1. The van der Waals surface area contributed by atoms with Gasteiger partial charge in [0.1, 0.15) is 5.76 Å². The molecule has 2 rings (SSSR count). The second-order valence-electron chi connectivity index (χ2n) is 3.59. The average Bonchev–Trinajstić information content (AvgIpc) is 2.79. The van der Waals surface area contributed by atoms with Crippen LogP contribution in [-0.4, -0.2) is 24.1 Å². The fraction of sp³-hybridized carbons (Fsp3) is 0.273. The summed E-state index contributed by atoms with van der Waals surface area (Å²) in [6.07, 6.45) is 4.89. The van der Waals surface area contributed by atoms with Gasteiger partial charge in [-0.05, 0) is 12.1 Å². The maximum absolute atomic E-state index is 5.15. The van der Waals surface area contributed by atoms with E-state index in [0.717, 1.165) is 17.3 Å². The van der Waals surface area contributed by atoms with E-state index in [4.69, 9.17) is 4.42 Å². The lowest BCUT2D eigenvalue weighted by atomic mass is 10.3. The van der Waals surface area contributed by atoms with Gasteiger partial charge >= 0.3 is 0 Å². The molecule has 0 aliphatic carbocycles. The molecule has 0 spiro atoms. The molecule has 2 aromatic rings. The van der Waals surface area contributed by atoms with Crippen LogP contribution in [0, 0.1) is 0 Å². The van der Waals surface area contributed by atoms with Crippen molar-refractivity contribution in [3.63, 3.8) is 0 Å². The number of hydrogen-bond donors (Lipinski definition) is 1. The minimum atomic E-state index is 0.604. The lowest BCUT2D eigenvalue weighted by Gasteiger charge is -2.16. The molecule has 2 aromatic heterocycles. The summed E-state index contributed by atoms with van der Waals surface area (Å²) in [6.45, 7) is 0.604. The first-order chi connectivity index (χ1) is 7.77. The third kappa shape index (κ3) is 2.31. The van der Waals surface area contributed by atoms with E-state index in [9.17, 15) is 0 Å². The quantitative estimate of drug-likeness (QED) is 0.847. The first kappa shape index (κ1) is 10.5. The molecule has 0 atom stereocenters. The monoisotopic (exact) mass is 218 g/mol. The van der Waals surface area contributed by atoms with E-state index in [-0.39, 0.29) is 0 Å². The highest BCUT2D eigenvalue weighted by molar-refractivity contribution is 5.64. The summed E-state index contributed by atoms with van der Waals surface area (Å²) in [7, 11) is 3.92. The molecule has 0 aromatic carbocycles. The molecular formula is C11H14N4O. The van der Waals surface area contributed by atoms with Gasteiger partial charge in [-0.15, -0.1) is 0 Å². The first-order valence-electron chi connectivity index (χ1n) is 5.01. The van der Waals surface area contributed by atoms with Crippen LogP contribution in [0.3, 0.4) is 0 Å². The Kier molecular flexibility index (Phi) is 3.05. The van der Waals surface area contributed by atoms with Crippen LogP contribution in [0.5, 0.6) is 0 Å². The maximum atomic E-state index is 5.15. The number of nitrogens with zero attached hydrogens (tertiary/aromatic N) is 3. The van der Waals surface area contributed by atoms with Crippen LogP contribution >= 0.6 is 0 Å². The zero-order valence-corrected chi connectivity index (χ0v) is 9.34. The highest BCUT2D eigenvalue weighted by atomic mass is 16.3. The predicted molar refractivity (Wildman–Crippen MR) is 62.4 cm³/mol. The van der Waals surface area contributed by atoms with E-state index in [2.05, 4.69) is 15.3 Å². The van der Waals surface area contributed by atoms with Crippen LogP contribution < -0.4 is 10.2 Å². The third-order valence-corrected chi connectivity index (χ3v) is 2.15. The second kappa shape index (κ2) is 4.65. The van der Waals surface area contributed by atoms with Gasteiger partial charge in [0.15, 0.2) is 12.2 Å². The molecule has 2 heterocycles. The Morgan fingerprint density at radius 3 is 3.00 bits per heavy atom. The van der Waals surface area contributed by atoms with Gasteiger partial charge in [-0.25, -0.2) is 9.97 Å². The van der Waals surface area contributed by atoms with Gasteiger partial charge in [0.2, 0.25) is 0 Å². The van der Waals surface area contributed by atoms with Crippen LogP contribution in [-0.2, 0) is 6.54 Å². The lowest BCUT2D eigenvalue weighted by Crippen LogP contribution is -2.13. The predicted octanol–water partition coefficient (Wildman–Crippen LogP) is 1.75. The van der Waals surface area contributed by atoms with Crippen molar-refractivity contribution in [2.75, 3.05) is 24.3 Å². The fourth-order valence-electron chi connectivity index (χ4n) is 1.40. The van der Waals surface area contributed by atoms with Gasteiger partial charge in [-0.3, -0.25) is 0 Å². The Morgan fingerprint density at radius 1 is 1.44 bits per heavy atom. The molecule has 5 heteroatoms. The number of oxazole rings is 1. The molecule has 1 N–H and O–H groups in total. The maximum Gasteiger partial charge on any atom is 0.180 e. The number of nitrogens with one attached hydrogen (secondary N) is 1. The highest BCUT2D eigenvalue weighted by Crippen LogP contribution is 2.20. The molecule has 0 bridgehead atoms. The van der Waals surface area contributed by atoms with Gasteiger partial charge in [0, 0.05) is 20.3 Å². The fourth-order valence-corrected chi connectivity index (χ4v) is 1.40. The Bertz CT molecular complexity index is 439. The molecule has 0 fully saturated rings. The number of hydrogen-bond acceptors (Lipinski definition) is 5. The summed E-state index contributed by atoms with van der Waals surface area (Å²) < 4.78 is 5.15. The van der Waals surface area contributed by atoms with E-state index >= 15 is 0 Å². The van der Waals surface area contributed by atoms with Gasteiger partial charge in [-0.1, -0.05) is 0 Å². The SMILES string of the molecule is CN(C)c1ncccc1NCc1cnco1. The van der Waals surface area contributed by atoms with Crippen LogP contribution in [0.25, 0.3) is 0 Å². The number of anilines is 2. The van der Waals surface area contributed by atoms with Crippen molar-refractivity contribution in [2.24, 2.45) is 0 Å². The topological polar surface area (TPSA) is 54.2 Å². The van der Waals surface area contributed by atoms with E-state index in [1.54, 1.807) is 12.4 Å². The molecule has 0 saturated carbocycles. The zero-order valence-electron chi connectivity index (χ0n) is 9.34. The number of pyridine rings is 1. The van der Waals surface area contributed by atoms with Gasteiger partial charge in [0.05, 0.1) is 18.4 Å². The van der Waals surface area contributed by atoms with E-state index < -0.39 is 0 Å². The van der Waals surface area contributed by atoms with Crippen molar-refractivity contribution < 1.29 is 4.42 Å². The molecule has 5 nitrogen and oxygen atoms in total. The number of rotatable bonds is 4. The summed E-state index contributed by atoms with van der Waals surface area (Å²) in [5.74, 6) is 1.70. The van der Waals surface area contributed by atoms with Crippen molar-refractivity contribution in [1.29, 1.82) is 0 Å². The van der Waals surface area contributed by atoms with Crippen LogP contribution in [0.2, 0.25) is 0 Å². The Balaban J connectivity index is 2.09. The molecule has 0 saturated heterocycles. The van der Waals surface area contributed by atoms with Crippen molar-refractivity contribution in [2.45, 2.75) is 6.54 Å². The summed E-state index contributed by atoms with van der Waals surface area (Å²) in [6, 6.07) is 3.88. The van der Waals surface area contributed by atoms with Crippen LogP contribution in [0.1, 0.15) is 5.76 Å². The smallest absolute Gasteiger partial charge is 0.180 e. The largest absolute Gasteiger partial charge is 0.447 e. The molecular weight excluding hydrogens is 204 g/mol. The molecule has 16 heavy (non-hydrogen) atoms. The van der Waals surface area contributed by atoms with Gasteiger partial charge in [-0.2, -0.15) is 0 Å². The molecule has 0 radical (unpaired) electrons. The summed E-state index contributed by atoms with van der Waals surface area (Å²) >= 11 is 0. The Morgan fingerprint density at radius 2 is 2.31 bits per heavy atom. The molecule has 0 unspecified atom stereocenters. The molecule has 0 amide bonds. The van der Waals surface area contributed by atoms with E-state index in [1.807, 2.05) is 31.1 Å². The van der Waals surface area contributed by atoms with Gasteiger partial charge < -0.3 is 14.6 Å². The highest BCUT2D eigenvalue weighted by Gasteiger charge is 2.05. The zero-order chi connectivity index (χ0) is 11.4. The standard InChI is InChI=1S/C11H14N4O/c1-15(2)11-10(4-3-5-13-11)14-7-9-6-12-8-16-9/h3-6,8,14H,7H2,1-2H3. The van der Waals surface area contributed by atoms with Gasteiger partial charge in [0.25, 0.3) is 0 Å². The summed E-state index contributed by atoms with van der Waals surface area (Å²) in [5.41, 5.74) is 0.976. The first-order valence-corrected chi connectivity index (χ1v) is 5.01. The molecule has 0 aliphatic rings. The summed E-state index contributed by atoms with van der Waals surface area (Å²) in [4.78, 5) is 10.1.